The summed E-state index contributed by atoms with van der Waals surface area (Å²) in [5.41, 5.74) is 0.859. The van der Waals surface area contributed by atoms with Gasteiger partial charge in [-0.2, -0.15) is 4.57 Å². The fraction of sp³-hybridized carbons (Fsp3) is 0.0714. The molecule has 0 bridgehead atoms. The molecule has 6 heteroatoms. The van der Waals surface area contributed by atoms with Crippen molar-refractivity contribution in [1.29, 1.82) is 0 Å². The molecule has 1 amide bonds. The normalized spacial score (nSPS) is 9.40. The van der Waals surface area contributed by atoms with Gasteiger partial charge in [0.1, 0.15) is 5.56 Å². The quantitative estimate of drug-likeness (QED) is 0.655. The van der Waals surface area contributed by atoms with Crippen LogP contribution < -0.4 is 26.9 Å². The van der Waals surface area contributed by atoms with E-state index in [9.17, 15) is 9.59 Å². The summed E-state index contributed by atoms with van der Waals surface area (Å²) in [5.74, 6) is -1.23. The van der Waals surface area contributed by atoms with E-state index in [2.05, 4.69) is 5.32 Å². The van der Waals surface area contributed by atoms with Crippen LogP contribution in [0.4, 0.5) is 5.69 Å². The number of carboxylic acids is 1. The maximum atomic E-state index is 11.8. The fourth-order valence-corrected chi connectivity index (χ4v) is 1.63. The summed E-state index contributed by atoms with van der Waals surface area (Å²) in [4.78, 5) is 22.6. The minimum atomic E-state index is -1.02. The monoisotopic (exact) mass is 336 g/mol. The molecule has 0 spiro atoms. The number of hydrogen-bond acceptors (Lipinski definition) is 2. The largest absolute Gasteiger partial charge is 1.00 e. The second-order valence-electron chi connectivity index (χ2n) is 3.98. The predicted molar refractivity (Wildman–Crippen MR) is 68.7 cm³/mol. The highest BCUT2D eigenvalue weighted by Crippen LogP contribution is 2.04. The summed E-state index contributed by atoms with van der Waals surface area (Å²) in [7, 11) is 0. The lowest BCUT2D eigenvalue weighted by Gasteiger charge is -2.02. The van der Waals surface area contributed by atoms with E-state index in [1.54, 1.807) is 24.4 Å². The van der Waals surface area contributed by atoms with Crippen molar-refractivity contribution in [2.45, 2.75) is 6.54 Å². The summed E-state index contributed by atoms with van der Waals surface area (Å²) in [5, 5.41) is 11.6. The van der Waals surface area contributed by atoms with Crippen molar-refractivity contribution in [2.24, 2.45) is 0 Å². The Bertz CT molecular complexity index is 602. The third kappa shape index (κ3) is 4.47. The van der Waals surface area contributed by atoms with Crippen molar-refractivity contribution in [3.63, 3.8) is 0 Å². The zero-order chi connectivity index (χ0) is 13.7. The number of aromatic nitrogens is 1. The van der Waals surface area contributed by atoms with Crippen LogP contribution in [0.5, 0.6) is 0 Å². The Labute approximate surface area is 126 Å². The van der Waals surface area contributed by atoms with E-state index in [0.717, 1.165) is 0 Å². The maximum absolute atomic E-state index is 11.8. The molecule has 20 heavy (non-hydrogen) atoms. The van der Waals surface area contributed by atoms with Crippen LogP contribution in [0.2, 0.25) is 0 Å². The van der Waals surface area contributed by atoms with Crippen molar-refractivity contribution in [3.8, 4) is 0 Å². The van der Waals surface area contributed by atoms with Gasteiger partial charge >= 0.3 is 5.97 Å². The third-order valence-electron chi connectivity index (χ3n) is 2.49. The number of nitrogens with one attached hydrogen (secondary N) is 1. The molecule has 2 N–H and O–H groups in total. The molecule has 0 aliphatic carbocycles. The number of rotatable bonds is 4. The Morgan fingerprint density at radius 2 is 1.80 bits per heavy atom. The number of amides is 1. The van der Waals surface area contributed by atoms with Gasteiger partial charge in [-0.25, -0.2) is 4.79 Å². The molecule has 104 valence electrons. The van der Waals surface area contributed by atoms with E-state index in [0.29, 0.717) is 5.69 Å². The van der Waals surface area contributed by atoms with E-state index in [1.807, 2.05) is 18.2 Å². The molecule has 1 aromatic carbocycles. The summed E-state index contributed by atoms with van der Waals surface area (Å²) in [6.07, 6.45) is 3.07. The first-order valence-corrected chi connectivity index (χ1v) is 5.72. The van der Waals surface area contributed by atoms with Crippen LogP contribution in [-0.4, -0.2) is 17.0 Å². The van der Waals surface area contributed by atoms with Gasteiger partial charge in [0.25, 0.3) is 5.91 Å². The first kappa shape index (κ1) is 15.8. The van der Waals surface area contributed by atoms with Gasteiger partial charge in [0.2, 0.25) is 6.54 Å². The van der Waals surface area contributed by atoms with Crippen molar-refractivity contribution < 1.29 is 36.2 Å². The lowest BCUT2D eigenvalue weighted by molar-refractivity contribution is -0.684. The van der Waals surface area contributed by atoms with E-state index < -0.39 is 5.97 Å². The average Bonchev–Trinajstić information content (AvgIpc) is 2.40. The Kier molecular flexibility index (Phi) is 5.86. The molecule has 1 aromatic heterocycles. The van der Waals surface area contributed by atoms with Gasteiger partial charge in [0, 0.05) is 11.8 Å². The van der Waals surface area contributed by atoms with Crippen molar-refractivity contribution in [3.05, 3.63) is 60.4 Å². The number of carbonyl (C=O) groups is 2. The molecule has 1 heterocycles. The van der Waals surface area contributed by atoms with Gasteiger partial charge < -0.3 is 27.4 Å². The van der Waals surface area contributed by atoms with Crippen molar-refractivity contribution >= 4 is 17.6 Å². The number of nitrogens with zero attached hydrogens (tertiary/aromatic N) is 1. The van der Waals surface area contributed by atoms with Gasteiger partial charge in [-0.3, -0.25) is 4.79 Å². The highest BCUT2D eigenvalue weighted by Gasteiger charge is 2.12. The zero-order valence-electron chi connectivity index (χ0n) is 10.5. The van der Waals surface area contributed by atoms with Gasteiger partial charge in [-0.1, -0.05) is 18.2 Å². The topological polar surface area (TPSA) is 70.3 Å². The number of halogens is 1. The molecule has 0 atom stereocenters. The fourth-order valence-electron chi connectivity index (χ4n) is 1.63. The predicted octanol–water partition coefficient (Wildman–Crippen LogP) is -1.68. The SMILES string of the molecule is O=C(C[n+]1cccc(C(=O)O)c1)Nc1ccccc1.[Br-]. The number of pyridine rings is 1. The van der Waals surface area contributed by atoms with Crippen LogP contribution in [-0.2, 0) is 11.3 Å². The molecule has 0 saturated heterocycles. The first-order chi connectivity index (χ1) is 9.15. The molecule has 0 saturated carbocycles. The smallest absolute Gasteiger partial charge is 0.341 e. The summed E-state index contributed by atoms with van der Waals surface area (Å²) in [6, 6.07) is 12.2. The summed E-state index contributed by atoms with van der Waals surface area (Å²) in [6.45, 7) is 0.0655. The van der Waals surface area contributed by atoms with Gasteiger partial charge in [0.05, 0.1) is 0 Å². The third-order valence-corrected chi connectivity index (χ3v) is 2.49. The van der Waals surface area contributed by atoms with E-state index >= 15 is 0 Å². The molecular weight excluding hydrogens is 324 g/mol. The lowest BCUT2D eigenvalue weighted by Crippen LogP contribution is -3.00. The number of para-hydroxylation sites is 1. The average molecular weight is 337 g/mol. The number of benzene rings is 1. The number of carboxylic acid groups (broad SMARTS) is 1. The number of anilines is 1. The Morgan fingerprint density at radius 1 is 1.10 bits per heavy atom. The molecule has 0 unspecified atom stereocenters. The molecule has 0 aliphatic rings. The maximum Gasteiger partial charge on any atom is 0.341 e. The molecule has 2 aromatic rings. The van der Waals surface area contributed by atoms with Crippen molar-refractivity contribution in [2.75, 3.05) is 5.32 Å². The van der Waals surface area contributed by atoms with Crippen molar-refractivity contribution in [1.82, 2.24) is 0 Å². The van der Waals surface area contributed by atoms with Gasteiger partial charge in [-0.15, -0.1) is 0 Å². The second kappa shape index (κ2) is 7.40. The molecule has 5 nitrogen and oxygen atoms in total. The molecule has 0 radical (unpaired) electrons. The lowest BCUT2D eigenvalue weighted by atomic mass is 10.3. The van der Waals surface area contributed by atoms with Crippen LogP contribution in [0.3, 0.4) is 0 Å². The standard InChI is InChI=1S/C14H12N2O3.BrH/c17-13(15-12-6-2-1-3-7-12)10-16-8-4-5-11(9-16)14(18)19;/h1-9H,10H2,(H-,15,17,18,19);1H. The van der Waals surface area contributed by atoms with Crippen LogP contribution in [0.1, 0.15) is 10.4 Å². The zero-order valence-corrected chi connectivity index (χ0v) is 12.1. The molecular formula is C14H13BrN2O3. The first-order valence-electron chi connectivity index (χ1n) is 5.72. The Morgan fingerprint density at radius 3 is 2.45 bits per heavy atom. The Hall–Kier alpha value is -2.21. The minimum Gasteiger partial charge on any atom is -1.00 e. The van der Waals surface area contributed by atoms with E-state index in [4.69, 9.17) is 5.11 Å². The highest BCUT2D eigenvalue weighted by atomic mass is 79.9. The van der Waals surface area contributed by atoms with Crippen LogP contribution >= 0.6 is 0 Å². The van der Waals surface area contributed by atoms with Crippen LogP contribution in [0.15, 0.2) is 54.9 Å². The van der Waals surface area contributed by atoms with Gasteiger partial charge in [-0.05, 0) is 18.2 Å². The van der Waals surface area contributed by atoms with Crippen LogP contribution in [0.25, 0.3) is 0 Å². The molecule has 0 aliphatic heterocycles. The number of aromatic carboxylic acids is 1. The number of hydrogen-bond donors (Lipinski definition) is 2. The van der Waals surface area contributed by atoms with Gasteiger partial charge in [0.15, 0.2) is 12.4 Å². The molecule has 2 rings (SSSR count). The summed E-state index contributed by atoms with van der Waals surface area (Å²) >= 11 is 0. The molecule has 0 fully saturated rings. The van der Waals surface area contributed by atoms with Crippen LogP contribution in [0, 0.1) is 0 Å². The van der Waals surface area contributed by atoms with E-state index in [-0.39, 0.29) is 35.0 Å². The number of carbonyl (C=O) groups excluding carboxylic acids is 1. The Balaban J connectivity index is 0.00000200. The highest BCUT2D eigenvalue weighted by molar-refractivity contribution is 5.89. The summed E-state index contributed by atoms with van der Waals surface area (Å²) < 4.78 is 1.53. The minimum absolute atomic E-state index is 0. The second-order valence-corrected chi connectivity index (χ2v) is 3.98. The van der Waals surface area contributed by atoms with E-state index in [1.165, 1.54) is 16.8 Å².